The molecule has 0 atom stereocenters. The van der Waals surface area contributed by atoms with E-state index in [9.17, 15) is 4.79 Å². The van der Waals surface area contributed by atoms with E-state index in [1.165, 1.54) is 0 Å². The lowest BCUT2D eigenvalue weighted by Crippen LogP contribution is -2.36. The highest BCUT2D eigenvalue weighted by Crippen LogP contribution is 2.32. The van der Waals surface area contributed by atoms with Crippen LogP contribution in [0.1, 0.15) is 12.8 Å². The molecule has 2 aromatic heterocycles. The number of ether oxygens (including phenoxy) is 1. The summed E-state index contributed by atoms with van der Waals surface area (Å²) in [6, 6.07) is 11.8. The van der Waals surface area contributed by atoms with E-state index < -0.39 is 5.97 Å². The van der Waals surface area contributed by atoms with E-state index >= 15 is 0 Å². The largest absolute Gasteiger partial charge is 0.497 e. The summed E-state index contributed by atoms with van der Waals surface area (Å²) in [5.74, 6) is -0.132. The number of rotatable bonds is 4. The first kappa shape index (κ1) is 16.8. The van der Waals surface area contributed by atoms with Crippen LogP contribution < -0.4 is 9.64 Å². The number of carboxylic acid groups (broad SMARTS) is 1. The Morgan fingerprint density at radius 3 is 2.77 bits per heavy atom. The van der Waals surface area contributed by atoms with Crippen molar-refractivity contribution in [3.05, 3.63) is 36.4 Å². The minimum absolute atomic E-state index is 0.238. The third-order valence-electron chi connectivity index (χ3n) is 4.72. The van der Waals surface area contributed by atoms with Gasteiger partial charge in [-0.05, 0) is 37.1 Å². The van der Waals surface area contributed by atoms with E-state index in [0.717, 1.165) is 45.6 Å². The fourth-order valence-electron chi connectivity index (χ4n) is 3.20. The van der Waals surface area contributed by atoms with Crippen molar-refractivity contribution < 1.29 is 14.6 Å². The quantitative estimate of drug-likeness (QED) is 0.756. The molecule has 4 rings (SSSR count). The summed E-state index contributed by atoms with van der Waals surface area (Å²) in [5.41, 5.74) is 2.76. The van der Waals surface area contributed by atoms with Gasteiger partial charge in [-0.3, -0.25) is 4.79 Å². The van der Waals surface area contributed by atoms with Crippen LogP contribution in [0.15, 0.2) is 36.4 Å². The average molecular weight is 369 g/mol. The zero-order valence-electron chi connectivity index (χ0n) is 14.4. The predicted molar refractivity (Wildman–Crippen MR) is 102 cm³/mol. The van der Waals surface area contributed by atoms with E-state index in [0.29, 0.717) is 12.8 Å². The molecule has 0 unspecified atom stereocenters. The molecule has 1 aromatic carbocycles. The second-order valence-corrected chi connectivity index (χ2v) is 7.30. The number of thiazole rings is 1. The Labute approximate surface area is 155 Å². The van der Waals surface area contributed by atoms with Crippen molar-refractivity contribution in [3.63, 3.8) is 0 Å². The van der Waals surface area contributed by atoms with Crippen LogP contribution in [0.5, 0.6) is 5.75 Å². The van der Waals surface area contributed by atoms with Gasteiger partial charge in [-0.2, -0.15) is 0 Å². The van der Waals surface area contributed by atoms with Gasteiger partial charge < -0.3 is 14.7 Å². The summed E-state index contributed by atoms with van der Waals surface area (Å²) in [5, 5.41) is 10.1. The maximum Gasteiger partial charge on any atom is 0.306 e. The molecular weight excluding hydrogens is 350 g/mol. The number of anilines is 1. The van der Waals surface area contributed by atoms with Gasteiger partial charge >= 0.3 is 5.97 Å². The molecule has 3 heterocycles. The minimum Gasteiger partial charge on any atom is -0.497 e. The number of carboxylic acids is 1. The molecular formula is C19H19N3O3S. The van der Waals surface area contributed by atoms with E-state index in [1.807, 2.05) is 36.4 Å². The van der Waals surface area contributed by atoms with Gasteiger partial charge in [-0.25, -0.2) is 9.97 Å². The number of aromatic nitrogens is 2. The maximum absolute atomic E-state index is 11.1. The summed E-state index contributed by atoms with van der Waals surface area (Å²) in [7, 11) is 1.65. The molecule has 1 aliphatic heterocycles. The number of fused-ring (bicyclic) bond motifs is 1. The Balaban J connectivity index is 1.59. The highest BCUT2D eigenvalue weighted by molar-refractivity contribution is 7.21. The lowest BCUT2D eigenvalue weighted by molar-refractivity contribution is -0.142. The van der Waals surface area contributed by atoms with Crippen LogP contribution in [-0.4, -0.2) is 41.2 Å². The first-order chi connectivity index (χ1) is 12.6. The number of carbonyl (C=O) groups is 1. The lowest BCUT2D eigenvalue weighted by Gasteiger charge is -2.29. The van der Waals surface area contributed by atoms with Gasteiger partial charge in [0.25, 0.3) is 0 Å². The van der Waals surface area contributed by atoms with Crippen LogP contribution in [0, 0.1) is 5.92 Å². The van der Waals surface area contributed by atoms with Crippen LogP contribution >= 0.6 is 11.3 Å². The van der Waals surface area contributed by atoms with Crippen LogP contribution in [0.4, 0.5) is 5.13 Å². The molecule has 1 fully saturated rings. The first-order valence-corrected chi connectivity index (χ1v) is 9.35. The van der Waals surface area contributed by atoms with Crippen LogP contribution in [-0.2, 0) is 4.79 Å². The van der Waals surface area contributed by atoms with Crippen molar-refractivity contribution >= 4 is 32.8 Å². The van der Waals surface area contributed by atoms with Gasteiger partial charge in [0.05, 0.1) is 18.7 Å². The molecule has 0 spiro atoms. The molecule has 6 nitrogen and oxygen atoms in total. The van der Waals surface area contributed by atoms with Crippen molar-refractivity contribution in [1.82, 2.24) is 9.97 Å². The summed E-state index contributed by atoms with van der Waals surface area (Å²) in [6.07, 6.45) is 1.32. The summed E-state index contributed by atoms with van der Waals surface area (Å²) < 4.78 is 5.29. The normalized spacial score (nSPS) is 15.3. The average Bonchev–Trinajstić information content (AvgIpc) is 3.11. The van der Waals surface area contributed by atoms with Gasteiger partial charge in [0.2, 0.25) is 0 Å². The molecule has 134 valence electrons. The Bertz CT molecular complexity index is 948. The van der Waals surface area contributed by atoms with Crippen molar-refractivity contribution in [2.45, 2.75) is 12.8 Å². The number of benzene rings is 1. The first-order valence-electron chi connectivity index (χ1n) is 8.54. The standard InChI is InChI=1S/C19H19N3O3S/c1-25-14-4-2-3-13(11-14)15-5-6-16-17(20-15)26-19(21-16)22-9-7-12(8-10-22)18(23)24/h2-6,11-12H,7-10H2,1H3,(H,23,24). The number of pyridine rings is 1. The number of nitrogens with zero attached hydrogens (tertiary/aromatic N) is 3. The van der Waals surface area contributed by atoms with Crippen LogP contribution in [0.3, 0.4) is 0 Å². The molecule has 0 amide bonds. The zero-order chi connectivity index (χ0) is 18.1. The molecule has 0 bridgehead atoms. The molecule has 1 aliphatic rings. The SMILES string of the molecule is COc1cccc(-c2ccc3nc(N4CCC(C(=O)O)CC4)sc3n2)c1. The Morgan fingerprint density at radius 2 is 2.04 bits per heavy atom. The molecule has 26 heavy (non-hydrogen) atoms. The Kier molecular flexibility index (Phi) is 4.46. The smallest absolute Gasteiger partial charge is 0.306 e. The van der Waals surface area contributed by atoms with E-state index in [-0.39, 0.29) is 5.92 Å². The van der Waals surface area contributed by atoms with Crippen molar-refractivity contribution in [3.8, 4) is 17.0 Å². The van der Waals surface area contributed by atoms with Gasteiger partial charge in [0.1, 0.15) is 16.1 Å². The topological polar surface area (TPSA) is 75.5 Å². The molecule has 7 heteroatoms. The summed E-state index contributed by atoms with van der Waals surface area (Å²) in [6.45, 7) is 1.44. The summed E-state index contributed by atoms with van der Waals surface area (Å²) in [4.78, 5) is 23.6. The second kappa shape index (κ2) is 6.92. The maximum atomic E-state index is 11.1. The number of piperidine rings is 1. The number of methoxy groups -OCH3 is 1. The molecule has 1 N–H and O–H groups in total. The predicted octanol–water partition coefficient (Wildman–Crippen LogP) is 3.67. The molecule has 1 saturated heterocycles. The zero-order valence-corrected chi connectivity index (χ0v) is 15.2. The molecule has 0 saturated carbocycles. The minimum atomic E-state index is -0.696. The molecule has 0 aliphatic carbocycles. The third-order valence-corrected chi connectivity index (χ3v) is 5.75. The van der Waals surface area contributed by atoms with Crippen molar-refractivity contribution in [2.24, 2.45) is 5.92 Å². The second-order valence-electron chi connectivity index (χ2n) is 6.35. The fraction of sp³-hybridized carbons (Fsp3) is 0.316. The Hall–Kier alpha value is -2.67. The highest BCUT2D eigenvalue weighted by Gasteiger charge is 2.26. The van der Waals surface area contributed by atoms with Gasteiger partial charge in [-0.15, -0.1) is 0 Å². The Morgan fingerprint density at radius 1 is 1.23 bits per heavy atom. The number of hydrogen-bond donors (Lipinski definition) is 1. The van der Waals surface area contributed by atoms with Crippen LogP contribution in [0.2, 0.25) is 0 Å². The number of hydrogen-bond acceptors (Lipinski definition) is 6. The van der Waals surface area contributed by atoms with Crippen molar-refractivity contribution in [2.75, 3.05) is 25.1 Å². The lowest BCUT2D eigenvalue weighted by atomic mass is 9.98. The van der Waals surface area contributed by atoms with Gasteiger partial charge in [0, 0.05) is 18.7 Å². The molecule has 0 radical (unpaired) electrons. The van der Waals surface area contributed by atoms with Gasteiger partial charge in [0.15, 0.2) is 5.13 Å². The number of aliphatic carboxylic acids is 1. The van der Waals surface area contributed by atoms with Gasteiger partial charge in [-0.1, -0.05) is 23.5 Å². The third kappa shape index (κ3) is 3.22. The highest BCUT2D eigenvalue weighted by atomic mass is 32.1. The van der Waals surface area contributed by atoms with E-state index in [2.05, 4.69) is 9.88 Å². The summed E-state index contributed by atoms with van der Waals surface area (Å²) >= 11 is 1.56. The van der Waals surface area contributed by atoms with Crippen LogP contribution in [0.25, 0.3) is 21.6 Å². The van der Waals surface area contributed by atoms with Crippen molar-refractivity contribution in [1.29, 1.82) is 0 Å². The molecule has 3 aromatic rings. The van der Waals surface area contributed by atoms with E-state index in [4.69, 9.17) is 14.8 Å². The van der Waals surface area contributed by atoms with E-state index in [1.54, 1.807) is 18.4 Å². The monoisotopic (exact) mass is 369 g/mol. The fourth-order valence-corrected chi connectivity index (χ4v) is 4.19.